The van der Waals surface area contributed by atoms with Crippen LogP contribution in [0.5, 0.6) is 11.5 Å². The molecule has 32 heavy (non-hydrogen) atoms. The van der Waals surface area contributed by atoms with E-state index < -0.39 is 20.6 Å². The lowest BCUT2D eigenvalue weighted by Gasteiger charge is -2.38. The summed E-state index contributed by atoms with van der Waals surface area (Å²) >= 11 is 0. The van der Waals surface area contributed by atoms with Crippen LogP contribution in [-0.4, -0.2) is 55.9 Å². The van der Waals surface area contributed by atoms with Crippen molar-refractivity contribution in [3.05, 3.63) is 54.1 Å². The number of carboxylic acids is 1. The number of benzene rings is 2. The van der Waals surface area contributed by atoms with E-state index in [1.165, 1.54) is 6.07 Å². The first kappa shape index (κ1) is 24.1. The molecule has 0 aliphatic carbocycles. The molecule has 1 fully saturated rings. The molecule has 1 aliphatic heterocycles. The first-order valence-electron chi connectivity index (χ1n) is 10.9. The topological polar surface area (TPSA) is 93.1 Å². The van der Waals surface area contributed by atoms with Crippen molar-refractivity contribution in [2.75, 3.05) is 26.8 Å². The van der Waals surface area contributed by atoms with Crippen molar-refractivity contribution in [2.45, 2.75) is 48.8 Å². The van der Waals surface area contributed by atoms with Crippen LogP contribution in [0.15, 0.2) is 53.4 Å². The fourth-order valence-corrected chi connectivity index (χ4v) is 6.01. The molecule has 0 unspecified atom stereocenters. The van der Waals surface area contributed by atoms with Crippen molar-refractivity contribution in [1.82, 2.24) is 4.90 Å². The first-order chi connectivity index (χ1) is 15.3. The van der Waals surface area contributed by atoms with Crippen LogP contribution < -0.4 is 9.47 Å². The molecule has 0 saturated carbocycles. The van der Waals surface area contributed by atoms with Gasteiger partial charge in [-0.05, 0) is 49.1 Å². The van der Waals surface area contributed by atoms with Gasteiger partial charge in [-0.25, -0.2) is 8.42 Å². The average molecular weight is 462 g/mol. The van der Waals surface area contributed by atoms with E-state index in [9.17, 15) is 18.3 Å². The van der Waals surface area contributed by atoms with Crippen LogP contribution in [0.2, 0.25) is 0 Å². The third kappa shape index (κ3) is 4.91. The highest BCUT2D eigenvalue weighted by molar-refractivity contribution is 7.93. The van der Waals surface area contributed by atoms with Gasteiger partial charge in [0.15, 0.2) is 14.6 Å². The quantitative estimate of drug-likeness (QED) is 0.539. The van der Waals surface area contributed by atoms with Gasteiger partial charge in [-0.2, -0.15) is 0 Å². The van der Waals surface area contributed by atoms with Gasteiger partial charge in [0.2, 0.25) is 0 Å². The summed E-state index contributed by atoms with van der Waals surface area (Å²) < 4.78 is 36.3. The van der Waals surface area contributed by atoms with Crippen molar-refractivity contribution >= 4 is 15.8 Å². The summed E-state index contributed by atoms with van der Waals surface area (Å²) in [4.78, 5) is 14.4. The standard InChI is InChI=1S/C24H31NO6S/c1-3-4-17-31-21-7-5-6-8-22(21)32(28,29)24(23(26)27)13-15-25(16-14-24)18-19-9-11-20(30-2)12-10-19/h5-12H,3-4,13-18H2,1-2H3,(H,26,27). The molecule has 2 aromatic carbocycles. The lowest BCUT2D eigenvalue weighted by Crippen LogP contribution is -2.54. The van der Waals surface area contributed by atoms with E-state index in [0.717, 1.165) is 24.2 Å². The van der Waals surface area contributed by atoms with Gasteiger partial charge >= 0.3 is 5.97 Å². The van der Waals surface area contributed by atoms with Gasteiger partial charge in [0.05, 0.1) is 13.7 Å². The molecule has 0 atom stereocenters. The Kier molecular flexibility index (Phi) is 7.79. The highest BCUT2D eigenvalue weighted by Crippen LogP contribution is 2.39. The highest BCUT2D eigenvalue weighted by atomic mass is 32.2. The molecule has 1 aliphatic rings. The normalized spacial score (nSPS) is 16.4. The lowest BCUT2D eigenvalue weighted by molar-refractivity contribution is -0.141. The van der Waals surface area contributed by atoms with Gasteiger partial charge in [-0.1, -0.05) is 37.6 Å². The maximum Gasteiger partial charge on any atom is 0.325 e. The van der Waals surface area contributed by atoms with Crippen molar-refractivity contribution in [2.24, 2.45) is 0 Å². The van der Waals surface area contributed by atoms with Crippen LogP contribution in [0.4, 0.5) is 0 Å². The predicted octanol–water partition coefficient (Wildman–Crippen LogP) is 3.77. The number of sulfone groups is 1. The number of carbonyl (C=O) groups is 1. The summed E-state index contributed by atoms with van der Waals surface area (Å²) in [6, 6.07) is 14.0. The Balaban J connectivity index is 1.80. The Morgan fingerprint density at radius 1 is 1.09 bits per heavy atom. The van der Waals surface area contributed by atoms with Crippen molar-refractivity contribution in [1.29, 1.82) is 0 Å². The van der Waals surface area contributed by atoms with Crippen molar-refractivity contribution in [3.63, 3.8) is 0 Å². The zero-order chi connectivity index (χ0) is 23.2. The van der Waals surface area contributed by atoms with Gasteiger partial charge < -0.3 is 14.6 Å². The number of nitrogens with zero attached hydrogens (tertiary/aromatic N) is 1. The van der Waals surface area contributed by atoms with E-state index in [0.29, 0.717) is 26.2 Å². The van der Waals surface area contributed by atoms with E-state index in [2.05, 4.69) is 4.90 Å². The van der Waals surface area contributed by atoms with E-state index in [4.69, 9.17) is 9.47 Å². The molecule has 7 nitrogen and oxygen atoms in total. The molecule has 0 amide bonds. The van der Waals surface area contributed by atoms with Crippen LogP contribution in [0.3, 0.4) is 0 Å². The lowest BCUT2D eigenvalue weighted by atomic mass is 9.95. The Labute approximate surface area is 189 Å². The Morgan fingerprint density at radius 2 is 1.75 bits per heavy atom. The summed E-state index contributed by atoms with van der Waals surface area (Å²) in [7, 11) is -2.55. The monoisotopic (exact) mass is 461 g/mol. The average Bonchev–Trinajstić information content (AvgIpc) is 2.80. The number of para-hydroxylation sites is 1. The molecule has 0 bridgehead atoms. The smallest absolute Gasteiger partial charge is 0.325 e. The van der Waals surface area contributed by atoms with Gasteiger partial charge in [0.1, 0.15) is 16.4 Å². The molecule has 1 saturated heterocycles. The number of methoxy groups -OCH3 is 1. The second-order valence-electron chi connectivity index (χ2n) is 8.08. The first-order valence-corrected chi connectivity index (χ1v) is 12.4. The molecule has 1 heterocycles. The number of likely N-dealkylation sites (tertiary alicyclic amines) is 1. The van der Waals surface area contributed by atoms with Crippen LogP contribution in [-0.2, 0) is 21.2 Å². The van der Waals surface area contributed by atoms with E-state index in [1.54, 1.807) is 25.3 Å². The van der Waals surface area contributed by atoms with Gasteiger partial charge in [0.25, 0.3) is 0 Å². The molecule has 8 heteroatoms. The zero-order valence-corrected chi connectivity index (χ0v) is 19.4. The maximum absolute atomic E-state index is 13.6. The molecular formula is C24H31NO6S. The summed E-state index contributed by atoms with van der Waals surface area (Å²) in [5, 5.41) is 10.1. The number of piperidine rings is 1. The van der Waals surface area contributed by atoms with E-state index in [1.807, 2.05) is 31.2 Å². The summed E-state index contributed by atoms with van der Waals surface area (Å²) in [5.41, 5.74) is 1.06. The molecule has 2 aromatic rings. The fraction of sp³-hybridized carbons (Fsp3) is 0.458. The number of rotatable bonds is 10. The SMILES string of the molecule is CCCCOc1ccccc1S(=O)(=O)C1(C(=O)O)CCN(Cc2ccc(OC)cc2)CC1. The largest absolute Gasteiger partial charge is 0.497 e. The third-order valence-electron chi connectivity index (χ3n) is 6.03. The molecular weight excluding hydrogens is 430 g/mol. The molecule has 0 radical (unpaired) electrons. The molecule has 174 valence electrons. The van der Waals surface area contributed by atoms with Gasteiger partial charge in [-0.3, -0.25) is 9.69 Å². The molecule has 1 N–H and O–H groups in total. The number of aliphatic carboxylic acids is 1. The van der Waals surface area contributed by atoms with Crippen LogP contribution in [0, 0.1) is 0 Å². The minimum atomic E-state index is -4.16. The maximum atomic E-state index is 13.6. The van der Waals surface area contributed by atoms with Crippen LogP contribution in [0.25, 0.3) is 0 Å². The molecule has 3 rings (SSSR count). The number of unbranched alkanes of at least 4 members (excludes halogenated alkanes) is 1. The predicted molar refractivity (Wildman–Crippen MR) is 122 cm³/mol. The van der Waals surface area contributed by atoms with Crippen molar-refractivity contribution in [3.8, 4) is 11.5 Å². The molecule has 0 spiro atoms. The zero-order valence-electron chi connectivity index (χ0n) is 18.6. The third-order valence-corrected chi connectivity index (χ3v) is 8.56. The second-order valence-corrected chi connectivity index (χ2v) is 10.3. The highest BCUT2D eigenvalue weighted by Gasteiger charge is 2.54. The number of carboxylic acid groups (broad SMARTS) is 1. The van der Waals surface area contributed by atoms with Crippen LogP contribution in [0.1, 0.15) is 38.2 Å². The summed E-state index contributed by atoms with van der Waals surface area (Å²) in [6.45, 7) is 3.77. The Bertz CT molecular complexity index is 1010. The Morgan fingerprint density at radius 3 is 2.34 bits per heavy atom. The number of hydrogen-bond donors (Lipinski definition) is 1. The molecule has 0 aromatic heterocycles. The number of ether oxygens (including phenoxy) is 2. The van der Waals surface area contributed by atoms with Gasteiger partial charge in [-0.15, -0.1) is 0 Å². The van der Waals surface area contributed by atoms with Crippen molar-refractivity contribution < 1.29 is 27.8 Å². The van der Waals surface area contributed by atoms with Gasteiger partial charge in [0, 0.05) is 19.6 Å². The fourth-order valence-electron chi connectivity index (χ4n) is 3.99. The van der Waals surface area contributed by atoms with E-state index in [-0.39, 0.29) is 23.5 Å². The summed E-state index contributed by atoms with van der Waals surface area (Å²) in [6.07, 6.45) is 1.74. The van der Waals surface area contributed by atoms with Crippen LogP contribution >= 0.6 is 0 Å². The minimum absolute atomic E-state index is 0.0180. The Hall–Kier alpha value is -2.58. The summed E-state index contributed by atoms with van der Waals surface area (Å²) in [5.74, 6) is -0.310. The van der Waals surface area contributed by atoms with E-state index >= 15 is 0 Å². The minimum Gasteiger partial charge on any atom is -0.497 e. The second kappa shape index (κ2) is 10.4. The number of hydrogen-bond acceptors (Lipinski definition) is 6.